The fourth-order valence-electron chi connectivity index (χ4n) is 8.56. The van der Waals surface area contributed by atoms with E-state index in [-0.39, 0.29) is 47.5 Å². The lowest BCUT2D eigenvalue weighted by Gasteiger charge is -2.25. The minimum absolute atomic E-state index is 0.308. The zero-order chi connectivity index (χ0) is 43.3. The molecule has 0 radical (unpaired) electrons. The molecule has 0 amide bonds. The Morgan fingerprint density at radius 3 is 0.733 bits per heavy atom. The molecule has 0 spiro atoms. The van der Waals surface area contributed by atoms with Gasteiger partial charge in [-0.05, 0) is 51.4 Å². The molecule has 4 atom stereocenters. The molecule has 0 heterocycles. The summed E-state index contributed by atoms with van der Waals surface area (Å²) in [5.41, 5.74) is 0. The van der Waals surface area contributed by atoms with Crippen molar-refractivity contribution in [3.8, 4) is 23.0 Å². The Morgan fingerprint density at radius 2 is 0.567 bits per heavy atom. The Kier molecular flexibility index (Phi) is 17.2. The average molecular weight is 821 g/mol. The minimum atomic E-state index is -0.347. The first-order valence-electron chi connectivity index (χ1n) is 23.2. The van der Waals surface area contributed by atoms with E-state index >= 15 is 0 Å². The van der Waals surface area contributed by atoms with Crippen molar-refractivity contribution < 1.29 is 38.1 Å². The molecule has 1 aliphatic carbocycles. The molecular formula is C52H68O8. The standard InChI is InChI=1S/C52H68O8/c1-9-17-25-33(13-5)49(53)57-45-37-29-21-22-30-38(37)46(58-50(54)34(14-6)26-18-10-2)42-41(45)43-44(42)48(60-52(56)36(16-8)28-20-12-4)40-32-24-23-31-39(40)47(43)59-51(55)35(15-7)27-19-11-3/h21-24,29-36H,9-20,25-28H2,1-8H3. The highest BCUT2D eigenvalue weighted by Gasteiger charge is 2.33. The summed E-state index contributed by atoms with van der Waals surface area (Å²) in [6.45, 7) is 16.4. The van der Waals surface area contributed by atoms with Crippen LogP contribution < -0.4 is 18.9 Å². The Balaban J connectivity index is 1.96. The van der Waals surface area contributed by atoms with Crippen molar-refractivity contribution in [2.75, 3.05) is 0 Å². The molecule has 8 nitrogen and oxygen atoms in total. The molecule has 0 aromatic heterocycles. The smallest absolute Gasteiger partial charge is 0.314 e. The van der Waals surface area contributed by atoms with Crippen molar-refractivity contribution in [2.24, 2.45) is 23.7 Å². The van der Waals surface area contributed by atoms with E-state index in [0.717, 1.165) is 51.4 Å². The molecule has 0 N–H and O–H groups in total. The first-order chi connectivity index (χ1) is 29.1. The molecule has 0 fully saturated rings. The number of esters is 4. The van der Waals surface area contributed by atoms with Crippen LogP contribution in [0.3, 0.4) is 0 Å². The van der Waals surface area contributed by atoms with Crippen LogP contribution in [0.2, 0.25) is 0 Å². The number of hydrogen-bond donors (Lipinski definition) is 0. The summed E-state index contributed by atoms with van der Waals surface area (Å²) >= 11 is 0. The Bertz CT molecular complexity index is 2000. The second-order valence-electron chi connectivity index (χ2n) is 16.6. The van der Waals surface area contributed by atoms with Crippen molar-refractivity contribution in [3.05, 3.63) is 69.4 Å². The first kappa shape index (κ1) is 46.3. The van der Waals surface area contributed by atoms with Gasteiger partial charge in [0, 0.05) is 42.4 Å². The SMILES string of the molecule is CCCCC(CC)C(=O)Oc1c2c(c(OC(=O)C(CC)CCCC)c3ccccc13)=c1c(OC(=O)C(CC)CCCC)c3ccccc3c(OC(=O)C(CC)CCCC)c1=2. The van der Waals surface area contributed by atoms with E-state index in [1.807, 2.05) is 76.2 Å². The fourth-order valence-corrected chi connectivity index (χ4v) is 8.56. The first-order valence-corrected chi connectivity index (χ1v) is 23.2. The van der Waals surface area contributed by atoms with E-state index < -0.39 is 0 Å². The summed E-state index contributed by atoms with van der Waals surface area (Å²) in [5, 5.41) is 4.36. The number of fused-ring (bicyclic) bond motifs is 4. The lowest BCUT2D eigenvalue weighted by Crippen LogP contribution is -2.24. The van der Waals surface area contributed by atoms with Gasteiger partial charge in [0.1, 0.15) is 23.0 Å². The van der Waals surface area contributed by atoms with E-state index in [2.05, 4.69) is 27.7 Å². The van der Waals surface area contributed by atoms with Crippen LogP contribution in [-0.4, -0.2) is 23.9 Å². The van der Waals surface area contributed by atoms with Gasteiger partial charge in [0.05, 0.1) is 23.7 Å². The van der Waals surface area contributed by atoms with Gasteiger partial charge in [0.25, 0.3) is 0 Å². The molecule has 5 rings (SSSR count). The van der Waals surface area contributed by atoms with Gasteiger partial charge in [0.15, 0.2) is 0 Å². The molecule has 0 aliphatic heterocycles. The van der Waals surface area contributed by atoms with Crippen LogP contribution in [0.15, 0.2) is 48.5 Å². The molecule has 60 heavy (non-hydrogen) atoms. The average Bonchev–Trinajstić information content (AvgIpc) is 3.25. The second-order valence-corrected chi connectivity index (χ2v) is 16.6. The van der Waals surface area contributed by atoms with Gasteiger partial charge in [-0.1, -0.05) is 155 Å². The van der Waals surface area contributed by atoms with Crippen molar-refractivity contribution >= 4 is 45.4 Å². The summed E-state index contributed by atoms with van der Waals surface area (Å²) in [7, 11) is 0. The molecule has 324 valence electrons. The third-order valence-electron chi connectivity index (χ3n) is 12.5. The zero-order valence-corrected chi connectivity index (χ0v) is 37.5. The van der Waals surface area contributed by atoms with E-state index in [1.54, 1.807) is 0 Å². The summed E-state index contributed by atoms with van der Waals surface area (Å²) in [5.74, 6) is -1.47. The molecule has 1 aliphatic rings. The van der Waals surface area contributed by atoms with E-state index in [0.29, 0.717) is 117 Å². The van der Waals surface area contributed by atoms with Crippen LogP contribution in [0.1, 0.15) is 158 Å². The summed E-state index contributed by atoms with van der Waals surface area (Å²) in [6.07, 6.45) is 12.5. The normalized spacial score (nSPS) is 13.7. The van der Waals surface area contributed by atoms with Crippen molar-refractivity contribution in [3.63, 3.8) is 0 Å². The van der Waals surface area contributed by atoms with Gasteiger partial charge in [-0.25, -0.2) is 0 Å². The Labute approximate surface area is 356 Å². The molecule has 4 unspecified atom stereocenters. The molecular weight excluding hydrogens is 753 g/mol. The maximum atomic E-state index is 14.2. The molecule has 0 saturated carbocycles. The van der Waals surface area contributed by atoms with Crippen LogP contribution in [0.25, 0.3) is 21.5 Å². The lowest BCUT2D eigenvalue weighted by molar-refractivity contribution is -0.140. The third-order valence-corrected chi connectivity index (χ3v) is 12.5. The third kappa shape index (κ3) is 9.90. The quantitative estimate of drug-likeness (QED) is 0.0448. The van der Waals surface area contributed by atoms with Crippen LogP contribution >= 0.6 is 0 Å². The highest BCUT2D eigenvalue weighted by molar-refractivity contribution is 6.01. The number of ether oxygens (including phenoxy) is 4. The van der Waals surface area contributed by atoms with E-state index in [9.17, 15) is 19.2 Å². The maximum Gasteiger partial charge on any atom is 0.314 e. The molecule has 4 aromatic rings. The molecule has 0 saturated heterocycles. The lowest BCUT2D eigenvalue weighted by atomic mass is 9.90. The number of carbonyl (C=O) groups excluding carboxylic acids is 4. The fraction of sp³-hybridized carbons (Fsp3) is 0.538. The molecule has 8 heteroatoms. The predicted molar refractivity (Wildman–Crippen MR) is 239 cm³/mol. The van der Waals surface area contributed by atoms with E-state index in [1.165, 1.54) is 0 Å². The van der Waals surface area contributed by atoms with Gasteiger partial charge < -0.3 is 18.9 Å². The van der Waals surface area contributed by atoms with E-state index in [4.69, 9.17) is 18.9 Å². The van der Waals surface area contributed by atoms with Gasteiger partial charge in [-0.15, -0.1) is 0 Å². The summed E-state index contributed by atoms with van der Waals surface area (Å²) < 4.78 is 26.3. The van der Waals surface area contributed by atoms with Crippen LogP contribution in [0, 0.1) is 44.5 Å². The minimum Gasteiger partial charge on any atom is -0.425 e. The molecule has 0 bridgehead atoms. The van der Waals surface area contributed by atoms with Crippen molar-refractivity contribution in [1.29, 1.82) is 0 Å². The van der Waals surface area contributed by atoms with Crippen molar-refractivity contribution in [1.82, 2.24) is 0 Å². The predicted octanol–water partition coefficient (Wildman–Crippen LogP) is 13.4. The number of benzene rings is 4. The van der Waals surface area contributed by atoms with Gasteiger partial charge in [0.2, 0.25) is 0 Å². The monoisotopic (exact) mass is 820 g/mol. The van der Waals surface area contributed by atoms with Gasteiger partial charge >= 0.3 is 23.9 Å². The topological polar surface area (TPSA) is 105 Å². The largest absolute Gasteiger partial charge is 0.425 e. The summed E-state index contributed by atoms with van der Waals surface area (Å²) in [6, 6.07) is 15.0. The summed E-state index contributed by atoms with van der Waals surface area (Å²) in [4.78, 5) is 56.9. The van der Waals surface area contributed by atoms with Gasteiger partial charge in [-0.2, -0.15) is 0 Å². The second kappa shape index (κ2) is 22.2. The highest BCUT2D eigenvalue weighted by atomic mass is 16.6. The van der Waals surface area contributed by atoms with Crippen LogP contribution in [0.4, 0.5) is 0 Å². The zero-order valence-electron chi connectivity index (χ0n) is 37.5. The molecule has 4 aromatic carbocycles. The van der Waals surface area contributed by atoms with Crippen LogP contribution in [0.5, 0.6) is 23.0 Å². The number of hydrogen-bond acceptors (Lipinski definition) is 8. The Morgan fingerprint density at radius 1 is 0.367 bits per heavy atom. The Hall–Kier alpha value is -4.72. The number of carbonyl (C=O) groups is 4. The number of unbranched alkanes of at least 4 members (excludes halogenated alkanes) is 4. The number of rotatable bonds is 24. The van der Waals surface area contributed by atoms with Crippen LogP contribution in [-0.2, 0) is 19.2 Å². The van der Waals surface area contributed by atoms with Crippen molar-refractivity contribution in [2.45, 2.75) is 158 Å². The maximum absolute atomic E-state index is 14.2. The van der Waals surface area contributed by atoms with Gasteiger partial charge in [-0.3, -0.25) is 19.2 Å². The highest BCUT2D eigenvalue weighted by Crippen LogP contribution is 2.48.